The summed E-state index contributed by atoms with van der Waals surface area (Å²) in [4.78, 5) is 22.3. The summed E-state index contributed by atoms with van der Waals surface area (Å²) in [6.45, 7) is 1.72. The highest BCUT2D eigenvalue weighted by atomic mass is 16.6. The molecule has 0 heterocycles. The standard InChI is InChI=1S/C16H13N3O3/c1-11(13-4-8-15(9-5-13)19(21)22)16(20)18-14-6-2-12(10-17)3-7-14/h2-9,11H,1H3,(H,18,20). The SMILES string of the molecule is CC(C(=O)Nc1ccc(C#N)cc1)c1ccc([N+](=O)[O-])cc1. The van der Waals surface area contributed by atoms with E-state index in [0.29, 0.717) is 16.8 Å². The number of benzene rings is 2. The number of hydrogen-bond donors (Lipinski definition) is 1. The number of nitro benzene ring substituents is 1. The molecule has 110 valence electrons. The summed E-state index contributed by atoms with van der Waals surface area (Å²) >= 11 is 0. The second-order valence-electron chi connectivity index (χ2n) is 4.75. The van der Waals surface area contributed by atoms with Crippen LogP contribution in [0.2, 0.25) is 0 Å². The highest BCUT2D eigenvalue weighted by molar-refractivity contribution is 5.95. The Bertz CT molecular complexity index is 731. The third-order valence-electron chi connectivity index (χ3n) is 3.28. The van der Waals surface area contributed by atoms with E-state index in [1.165, 1.54) is 12.1 Å². The quantitative estimate of drug-likeness (QED) is 0.692. The van der Waals surface area contributed by atoms with E-state index in [1.54, 1.807) is 43.3 Å². The Morgan fingerprint density at radius 3 is 2.27 bits per heavy atom. The third kappa shape index (κ3) is 3.46. The fraction of sp³-hybridized carbons (Fsp3) is 0.125. The molecule has 1 amide bonds. The fourth-order valence-electron chi connectivity index (χ4n) is 1.91. The summed E-state index contributed by atoms with van der Waals surface area (Å²) in [5, 5.41) is 22.1. The first kappa shape index (κ1) is 15.2. The number of rotatable bonds is 4. The topological polar surface area (TPSA) is 96.0 Å². The van der Waals surface area contributed by atoms with Gasteiger partial charge in [0.2, 0.25) is 5.91 Å². The Balaban J connectivity index is 2.07. The first-order valence-electron chi connectivity index (χ1n) is 6.56. The zero-order valence-corrected chi connectivity index (χ0v) is 11.8. The van der Waals surface area contributed by atoms with Crippen LogP contribution in [0.15, 0.2) is 48.5 Å². The van der Waals surface area contributed by atoms with Gasteiger partial charge in [0.05, 0.1) is 22.5 Å². The lowest BCUT2D eigenvalue weighted by Gasteiger charge is -2.12. The van der Waals surface area contributed by atoms with Crippen molar-refractivity contribution in [1.82, 2.24) is 0 Å². The normalized spacial score (nSPS) is 11.3. The van der Waals surface area contributed by atoms with Crippen molar-refractivity contribution in [1.29, 1.82) is 5.26 Å². The van der Waals surface area contributed by atoms with Gasteiger partial charge >= 0.3 is 0 Å². The molecule has 0 aliphatic carbocycles. The molecule has 0 radical (unpaired) electrons. The molecule has 0 aliphatic rings. The molecule has 6 heteroatoms. The van der Waals surface area contributed by atoms with Gasteiger partial charge in [-0.1, -0.05) is 12.1 Å². The van der Waals surface area contributed by atoms with E-state index in [9.17, 15) is 14.9 Å². The number of nitrogens with zero attached hydrogens (tertiary/aromatic N) is 2. The van der Waals surface area contributed by atoms with E-state index in [4.69, 9.17) is 5.26 Å². The lowest BCUT2D eigenvalue weighted by atomic mass is 10.00. The van der Waals surface area contributed by atoms with Gasteiger partial charge < -0.3 is 5.32 Å². The first-order chi connectivity index (χ1) is 10.5. The molecular formula is C16H13N3O3. The highest BCUT2D eigenvalue weighted by Crippen LogP contribution is 2.21. The molecule has 0 saturated heterocycles. The molecule has 0 aromatic heterocycles. The molecule has 0 spiro atoms. The van der Waals surface area contributed by atoms with Crippen molar-refractivity contribution in [2.45, 2.75) is 12.8 Å². The van der Waals surface area contributed by atoms with E-state index in [2.05, 4.69) is 5.32 Å². The maximum absolute atomic E-state index is 12.2. The Kier molecular flexibility index (Phi) is 4.49. The lowest BCUT2D eigenvalue weighted by molar-refractivity contribution is -0.384. The average Bonchev–Trinajstić information content (AvgIpc) is 2.55. The van der Waals surface area contributed by atoms with Gasteiger partial charge in [-0.15, -0.1) is 0 Å². The van der Waals surface area contributed by atoms with Gasteiger partial charge in [-0.05, 0) is 36.8 Å². The van der Waals surface area contributed by atoms with Gasteiger partial charge in [-0.25, -0.2) is 0 Å². The molecule has 2 rings (SSSR count). The fourth-order valence-corrected chi connectivity index (χ4v) is 1.91. The van der Waals surface area contributed by atoms with E-state index >= 15 is 0 Å². The Morgan fingerprint density at radius 1 is 1.18 bits per heavy atom. The van der Waals surface area contributed by atoms with Gasteiger partial charge in [-0.3, -0.25) is 14.9 Å². The number of nitriles is 1. The molecular weight excluding hydrogens is 282 g/mol. The van der Waals surface area contributed by atoms with Crippen molar-refractivity contribution in [3.63, 3.8) is 0 Å². The molecule has 2 aromatic rings. The molecule has 0 saturated carbocycles. The van der Waals surface area contributed by atoms with E-state index in [-0.39, 0.29) is 11.6 Å². The van der Waals surface area contributed by atoms with Gasteiger partial charge in [0.25, 0.3) is 5.69 Å². The minimum atomic E-state index is -0.481. The number of nitro groups is 1. The number of anilines is 1. The smallest absolute Gasteiger partial charge is 0.269 e. The number of carbonyl (C=O) groups is 1. The Labute approximate surface area is 127 Å². The van der Waals surface area contributed by atoms with Crippen LogP contribution in [-0.2, 0) is 4.79 Å². The zero-order valence-electron chi connectivity index (χ0n) is 11.8. The predicted octanol–water partition coefficient (Wildman–Crippen LogP) is 3.21. The summed E-state index contributed by atoms with van der Waals surface area (Å²) in [5.74, 6) is -0.671. The maximum Gasteiger partial charge on any atom is 0.269 e. The van der Waals surface area contributed by atoms with Gasteiger partial charge in [0.1, 0.15) is 0 Å². The number of hydrogen-bond acceptors (Lipinski definition) is 4. The molecule has 6 nitrogen and oxygen atoms in total. The van der Waals surface area contributed by atoms with Crippen molar-refractivity contribution >= 4 is 17.3 Å². The summed E-state index contributed by atoms with van der Waals surface area (Å²) < 4.78 is 0. The lowest BCUT2D eigenvalue weighted by Crippen LogP contribution is -2.18. The van der Waals surface area contributed by atoms with Crippen LogP contribution in [-0.4, -0.2) is 10.8 Å². The first-order valence-corrected chi connectivity index (χ1v) is 6.56. The minimum absolute atomic E-state index is 0.0107. The average molecular weight is 295 g/mol. The van der Waals surface area contributed by atoms with Crippen LogP contribution >= 0.6 is 0 Å². The van der Waals surface area contributed by atoms with Crippen LogP contribution in [0.3, 0.4) is 0 Å². The van der Waals surface area contributed by atoms with Crippen molar-refractivity contribution < 1.29 is 9.72 Å². The van der Waals surface area contributed by atoms with Gasteiger partial charge in [0.15, 0.2) is 0 Å². The van der Waals surface area contributed by atoms with Crippen molar-refractivity contribution in [3.05, 3.63) is 69.8 Å². The molecule has 1 N–H and O–H groups in total. The number of amides is 1. The molecule has 2 aromatic carbocycles. The van der Waals surface area contributed by atoms with Crippen LogP contribution in [0.25, 0.3) is 0 Å². The molecule has 0 bridgehead atoms. The van der Waals surface area contributed by atoms with Crippen molar-refractivity contribution in [3.8, 4) is 6.07 Å². The van der Waals surface area contributed by atoms with E-state index in [0.717, 1.165) is 0 Å². The van der Waals surface area contributed by atoms with Crippen molar-refractivity contribution in [2.75, 3.05) is 5.32 Å². The predicted molar refractivity (Wildman–Crippen MR) is 81.3 cm³/mol. The number of carbonyl (C=O) groups excluding carboxylic acids is 1. The van der Waals surface area contributed by atoms with Gasteiger partial charge in [0, 0.05) is 17.8 Å². The molecule has 1 atom stereocenters. The minimum Gasteiger partial charge on any atom is -0.326 e. The van der Waals surface area contributed by atoms with Crippen LogP contribution in [0.5, 0.6) is 0 Å². The zero-order chi connectivity index (χ0) is 16.1. The number of non-ortho nitro benzene ring substituents is 1. The van der Waals surface area contributed by atoms with E-state index in [1.807, 2.05) is 6.07 Å². The molecule has 1 unspecified atom stereocenters. The van der Waals surface area contributed by atoms with Gasteiger partial charge in [-0.2, -0.15) is 5.26 Å². The molecule has 22 heavy (non-hydrogen) atoms. The monoisotopic (exact) mass is 295 g/mol. The summed E-state index contributed by atoms with van der Waals surface area (Å²) in [5.41, 5.74) is 1.79. The van der Waals surface area contributed by atoms with Crippen molar-refractivity contribution in [2.24, 2.45) is 0 Å². The number of nitrogens with one attached hydrogen (secondary N) is 1. The Morgan fingerprint density at radius 2 is 1.77 bits per heavy atom. The Hall–Kier alpha value is -3.20. The molecule has 0 aliphatic heterocycles. The van der Waals surface area contributed by atoms with Crippen LogP contribution in [0, 0.1) is 21.4 Å². The summed E-state index contributed by atoms with van der Waals surface area (Å²) in [7, 11) is 0. The summed E-state index contributed by atoms with van der Waals surface area (Å²) in [6.07, 6.45) is 0. The third-order valence-corrected chi connectivity index (χ3v) is 3.28. The summed E-state index contributed by atoms with van der Waals surface area (Å²) in [6, 6.07) is 14.4. The van der Waals surface area contributed by atoms with Crippen LogP contribution in [0.1, 0.15) is 24.0 Å². The second-order valence-corrected chi connectivity index (χ2v) is 4.75. The van der Waals surface area contributed by atoms with Crippen LogP contribution < -0.4 is 5.32 Å². The second kappa shape index (κ2) is 6.50. The largest absolute Gasteiger partial charge is 0.326 e. The van der Waals surface area contributed by atoms with Crippen LogP contribution in [0.4, 0.5) is 11.4 Å². The highest BCUT2D eigenvalue weighted by Gasteiger charge is 2.16. The maximum atomic E-state index is 12.2. The molecule has 0 fully saturated rings. The van der Waals surface area contributed by atoms with E-state index < -0.39 is 10.8 Å².